The van der Waals surface area contributed by atoms with E-state index in [1.165, 1.54) is 12.1 Å². The standard InChI is InChI=1S/C31H41Cl2F2N5O3/c1-4-5-23-19-39(27(28(41)37-13-12-34)18-21-8-11-24(32)25(33)16-21)14-15-40(23)29(42)26(38-30(43)31(2,3)36)17-20-6-9-22(35)10-7-20/h6-11,16,23,26-27H,4-5,12-15,17-19,36H2,1-3H3,(H,37,41)(H,38,43). The van der Waals surface area contributed by atoms with Crippen LogP contribution in [0.1, 0.15) is 44.7 Å². The Morgan fingerprint density at radius 3 is 2.33 bits per heavy atom. The maximum atomic E-state index is 14.1. The lowest BCUT2D eigenvalue weighted by Crippen LogP contribution is -2.64. The summed E-state index contributed by atoms with van der Waals surface area (Å²) in [6.45, 7) is 5.42. The van der Waals surface area contributed by atoms with Gasteiger partial charge in [0.25, 0.3) is 0 Å². The Morgan fingerprint density at radius 2 is 1.72 bits per heavy atom. The first-order valence-corrected chi connectivity index (χ1v) is 15.3. The van der Waals surface area contributed by atoms with E-state index in [9.17, 15) is 23.2 Å². The Morgan fingerprint density at radius 1 is 1.05 bits per heavy atom. The molecular formula is C31H41Cl2F2N5O3. The number of benzene rings is 2. The Kier molecular flexibility index (Phi) is 12.7. The summed E-state index contributed by atoms with van der Waals surface area (Å²) in [5, 5.41) is 6.25. The molecule has 1 aliphatic heterocycles. The van der Waals surface area contributed by atoms with Crippen molar-refractivity contribution < 1.29 is 23.2 Å². The zero-order valence-corrected chi connectivity index (χ0v) is 26.4. The molecule has 3 atom stereocenters. The number of nitrogens with zero attached hydrogens (tertiary/aromatic N) is 2. The van der Waals surface area contributed by atoms with Gasteiger partial charge < -0.3 is 21.3 Å². The molecule has 0 spiro atoms. The SMILES string of the molecule is CCCC1CN(C(Cc2ccc(Cl)c(Cl)c2)C(=O)NCCF)CCN1C(=O)C(Cc1ccc(F)cc1)NC(=O)C(C)(C)N. The lowest BCUT2D eigenvalue weighted by Gasteiger charge is -2.45. The van der Waals surface area contributed by atoms with Crippen LogP contribution in [0, 0.1) is 5.82 Å². The van der Waals surface area contributed by atoms with Crippen molar-refractivity contribution >= 4 is 40.9 Å². The van der Waals surface area contributed by atoms with Crippen molar-refractivity contribution in [1.82, 2.24) is 20.4 Å². The van der Waals surface area contributed by atoms with E-state index in [4.69, 9.17) is 28.9 Å². The number of hydrogen-bond acceptors (Lipinski definition) is 5. The van der Waals surface area contributed by atoms with Gasteiger partial charge in [-0.25, -0.2) is 8.78 Å². The minimum atomic E-state index is -1.21. The van der Waals surface area contributed by atoms with Crippen molar-refractivity contribution in [3.8, 4) is 0 Å². The molecule has 236 valence electrons. The first-order chi connectivity index (χ1) is 20.3. The highest BCUT2D eigenvalue weighted by Gasteiger charge is 2.39. The van der Waals surface area contributed by atoms with Gasteiger partial charge in [0.05, 0.1) is 21.6 Å². The van der Waals surface area contributed by atoms with Crippen molar-refractivity contribution in [3.63, 3.8) is 0 Å². The predicted molar refractivity (Wildman–Crippen MR) is 165 cm³/mol. The summed E-state index contributed by atoms with van der Waals surface area (Å²) in [5.41, 5.74) is 6.29. The number of carbonyl (C=O) groups excluding carboxylic acids is 3. The second kappa shape index (κ2) is 15.8. The van der Waals surface area contributed by atoms with Gasteiger partial charge in [0.1, 0.15) is 18.5 Å². The van der Waals surface area contributed by atoms with E-state index in [-0.39, 0.29) is 30.8 Å². The summed E-state index contributed by atoms with van der Waals surface area (Å²) in [4.78, 5) is 43.9. The smallest absolute Gasteiger partial charge is 0.245 e. The third-order valence-corrected chi connectivity index (χ3v) is 8.25. The molecular weight excluding hydrogens is 599 g/mol. The summed E-state index contributed by atoms with van der Waals surface area (Å²) in [7, 11) is 0. The highest BCUT2D eigenvalue weighted by molar-refractivity contribution is 6.42. The fraction of sp³-hybridized carbons (Fsp3) is 0.516. The van der Waals surface area contributed by atoms with Gasteiger partial charge >= 0.3 is 0 Å². The van der Waals surface area contributed by atoms with Crippen LogP contribution in [0.3, 0.4) is 0 Å². The van der Waals surface area contributed by atoms with E-state index in [1.807, 2.05) is 11.8 Å². The normalized spacial score (nSPS) is 17.3. The second-order valence-corrected chi connectivity index (χ2v) is 12.3. The fourth-order valence-corrected chi connectivity index (χ4v) is 5.52. The molecule has 0 bridgehead atoms. The van der Waals surface area contributed by atoms with Crippen LogP contribution in [0.15, 0.2) is 42.5 Å². The van der Waals surface area contributed by atoms with Gasteiger partial charge in [-0.3, -0.25) is 19.3 Å². The second-order valence-electron chi connectivity index (χ2n) is 11.5. The van der Waals surface area contributed by atoms with Crippen LogP contribution in [0.5, 0.6) is 0 Å². The molecule has 0 aliphatic carbocycles. The average Bonchev–Trinajstić information content (AvgIpc) is 2.96. The van der Waals surface area contributed by atoms with Crippen LogP contribution < -0.4 is 16.4 Å². The maximum absolute atomic E-state index is 14.1. The molecule has 1 aliphatic rings. The van der Waals surface area contributed by atoms with Crippen LogP contribution in [0.2, 0.25) is 10.0 Å². The lowest BCUT2D eigenvalue weighted by atomic mass is 9.97. The molecule has 1 heterocycles. The predicted octanol–water partition coefficient (Wildman–Crippen LogP) is 3.91. The van der Waals surface area contributed by atoms with E-state index in [0.29, 0.717) is 48.1 Å². The minimum Gasteiger partial charge on any atom is -0.352 e. The van der Waals surface area contributed by atoms with Crippen molar-refractivity contribution in [2.24, 2.45) is 5.73 Å². The molecule has 8 nitrogen and oxygen atoms in total. The number of nitrogens with one attached hydrogen (secondary N) is 2. The van der Waals surface area contributed by atoms with Crippen molar-refractivity contribution in [1.29, 1.82) is 0 Å². The Labute approximate surface area is 262 Å². The van der Waals surface area contributed by atoms with Gasteiger partial charge in [-0.15, -0.1) is 0 Å². The number of nitrogens with two attached hydrogens (primary N) is 1. The Bertz CT molecular complexity index is 1260. The summed E-state index contributed by atoms with van der Waals surface area (Å²) in [6, 6.07) is 9.16. The van der Waals surface area contributed by atoms with Gasteiger partial charge in [-0.1, -0.05) is 54.7 Å². The first-order valence-electron chi connectivity index (χ1n) is 14.5. The van der Waals surface area contributed by atoms with E-state index >= 15 is 0 Å². The molecule has 3 amide bonds. The van der Waals surface area contributed by atoms with Gasteiger partial charge in [0.15, 0.2) is 0 Å². The average molecular weight is 641 g/mol. The van der Waals surface area contributed by atoms with Crippen LogP contribution in [0.4, 0.5) is 8.78 Å². The van der Waals surface area contributed by atoms with Crippen LogP contribution in [-0.4, -0.2) is 84.0 Å². The quantitative estimate of drug-likeness (QED) is 0.308. The third-order valence-electron chi connectivity index (χ3n) is 7.51. The highest BCUT2D eigenvalue weighted by atomic mass is 35.5. The Balaban J connectivity index is 1.86. The zero-order valence-electron chi connectivity index (χ0n) is 24.8. The van der Waals surface area contributed by atoms with E-state index in [1.54, 1.807) is 49.1 Å². The van der Waals surface area contributed by atoms with E-state index < -0.39 is 36.0 Å². The van der Waals surface area contributed by atoms with E-state index in [0.717, 1.165) is 12.0 Å². The van der Waals surface area contributed by atoms with Gasteiger partial charge in [-0.05, 0) is 62.1 Å². The number of alkyl halides is 1. The summed E-state index contributed by atoms with van der Waals surface area (Å²) in [6.07, 6.45) is 1.91. The molecule has 3 rings (SSSR count). The largest absolute Gasteiger partial charge is 0.352 e. The summed E-state index contributed by atoms with van der Waals surface area (Å²) < 4.78 is 26.5. The molecule has 2 aromatic carbocycles. The van der Waals surface area contributed by atoms with Gasteiger partial charge in [-0.2, -0.15) is 0 Å². The number of amides is 3. The monoisotopic (exact) mass is 639 g/mol. The molecule has 2 aromatic rings. The zero-order chi connectivity index (χ0) is 31.7. The molecule has 0 aromatic heterocycles. The van der Waals surface area contributed by atoms with Gasteiger partial charge in [0, 0.05) is 38.6 Å². The molecule has 1 fully saturated rings. The van der Waals surface area contributed by atoms with Gasteiger partial charge in [0.2, 0.25) is 17.7 Å². The molecule has 0 saturated carbocycles. The number of hydrogen-bond donors (Lipinski definition) is 3. The maximum Gasteiger partial charge on any atom is 0.245 e. The minimum absolute atomic E-state index is 0.101. The van der Waals surface area contributed by atoms with Crippen molar-refractivity contribution in [2.75, 3.05) is 32.9 Å². The number of halogens is 4. The van der Waals surface area contributed by atoms with Crippen LogP contribution in [-0.2, 0) is 27.2 Å². The lowest BCUT2D eigenvalue weighted by molar-refractivity contribution is -0.143. The Hall–Kier alpha value is -2.79. The molecule has 3 unspecified atom stereocenters. The first kappa shape index (κ1) is 34.7. The third kappa shape index (κ3) is 9.86. The number of piperazine rings is 1. The van der Waals surface area contributed by atoms with Crippen molar-refractivity contribution in [3.05, 3.63) is 69.5 Å². The molecule has 12 heteroatoms. The molecule has 4 N–H and O–H groups in total. The number of carbonyl (C=O) groups is 3. The van der Waals surface area contributed by atoms with E-state index in [2.05, 4.69) is 10.6 Å². The molecule has 43 heavy (non-hydrogen) atoms. The number of rotatable bonds is 13. The molecule has 1 saturated heterocycles. The van der Waals surface area contributed by atoms with Crippen LogP contribution >= 0.6 is 23.2 Å². The van der Waals surface area contributed by atoms with Crippen LogP contribution in [0.25, 0.3) is 0 Å². The molecule has 0 radical (unpaired) electrons. The topological polar surface area (TPSA) is 108 Å². The van der Waals surface area contributed by atoms with Crippen molar-refractivity contribution in [2.45, 2.75) is 70.1 Å². The summed E-state index contributed by atoms with van der Waals surface area (Å²) >= 11 is 12.3. The highest BCUT2D eigenvalue weighted by Crippen LogP contribution is 2.25. The summed E-state index contributed by atoms with van der Waals surface area (Å²) in [5.74, 6) is -1.47. The fourth-order valence-electron chi connectivity index (χ4n) is 5.20.